The molecule has 0 amide bonds. The van der Waals surface area contributed by atoms with Crippen LogP contribution in [0.3, 0.4) is 0 Å². The van der Waals surface area contributed by atoms with E-state index in [2.05, 4.69) is 18.3 Å². The number of benzene rings is 1. The Bertz CT molecular complexity index is 368. The molecule has 0 fully saturated rings. The van der Waals surface area contributed by atoms with Crippen LogP contribution in [-0.2, 0) is 4.79 Å². The molecule has 0 aromatic heterocycles. The lowest BCUT2D eigenvalue weighted by atomic mass is 10.0. The number of carboxylic acids is 1. The molecule has 0 aliphatic rings. The quantitative estimate of drug-likeness (QED) is 0.737. The van der Waals surface area contributed by atoms with Crippen LogP contribution in [0.4, 0.5) is 0 Å². The van der Waals surface area contributed by atoms with E-state index in [4.69, 9.17) is 16.7 Å². The lowest BCUT2D eigenvalue weighted by molar-refractivity contribution is -0.137. The molecular formula is C13H18ClNO2. The number of hydrogen-bond donors (Lipinski definition) is 2. The molecule has 1 atom stereocenters. The molecule has 2 N–H and O–H groups in total. The van der Waals surface area contributed by atoms with Crippen molar-refractivity contribution in [3.8, 4) is 0 Å². The smallest absolute Gasteiger partial charge is 0.303 e. The SMILES string of the molecule is CC(CNCCCC(=O)O)c1cccc(Cl)c1. The molecule has 0 spiro atoms. The van der Waals surface area contributed by atoms with Gasteiger partial charge in [-0.2, -0.15) is 0 Å². The molecule has 0 aliphatic carbocycles. The first kappa shape index (κ1) is 14.0. The highest BCUT2D eigenvalue weighted by Crippen LogP contribution is 2.18. The molecule has 0 heterocycles. The number of nitrogens with one attached hydrogen (secondary N) is 1. The summed E-state index contributed by atoms with van der Waals surface area (Å²) in [5.41, 5.74) is 1.20. The predicted octanol–water partition coefficient (Wildman–Crippen LogP) is 2.90. The van der Waals surface area contributed by atoms with Gasteiger partial charge in [0.1, 0.15) is 0 Å². The van der Waals surface area contributed by atoms with Gasteiger partial charge >= 0.3 is 5.97 Å². The third kappa shape index (κ3) is 5.71. The van der Waals surface area contributed by atoms with E-state index in [1.54, 1.807) is 0 Å². The van der Waals surface area contributed by atoms with Crippen molar-refractivity contribution < 1.29 is 9.90 Å². The molecule has 1 aromatic rings. The molecule has 0 radical (unpaired) electrons. The van der Waals surface area contributed by atoms with Gasteiger partial charge in [-0.1, -0.05) is 30.7 Å². The Kier molecular flexibility index (Phi) is 6.01. The summed E-state index contributed by atoms with van der Waals surface area (Å²) in [5, 5.41) is 12.5. The first-order chi connectivity index (χ1) is 8.09. The summed E-state index contributed by atoms with van der Waals surface area (Å²) < 4.78 is 0. The van der Waals surface area contributed by atoms with Crippen LogP contribution in [-0.4, -0.2) is 24.2 Å². The highest BCUT2D eigenvalue weighted by molar-refractivity contribution is 6.30. The van der Waals surface area contributed by atoms with Crippen molar-refractivity contribution in [2.24, 2.45) is 0 Å². The van der Waals surface area contributed by atoms with Crippen molar-refractivity contribution in [1.29, 1.82) is 0 Å². The summed E-state index contributed by atoms with van der Waals surface area (Å²) in [5.74, 6) is -0.367. The normalized spacial score (nSPS) is 12.4. The third-order valence-electron chi connectivity index (χ3n) is 2.61. The molecule has 17 heavy (non-hydrogen) atoms. The third-order valence-corrected chi connectivity index (χ3v) is 2.85. The van der Waals surface area contributed by atoms with E-state index in [9.17, 15) is 4.79 Å². The summed E-state index contributed by atoms with van der Waals surface area (Å²) in [4.78, 5) is 10.3. The fourth-order valence-electron chi connectivity index (χ4n) is 1.61. The maximum Gasteiger partial charge on any atom is 0.303 e. The molecular weight excluding hydrogens is 238 g/mol. The first-order valence-corrected chi connectivity index (χ1v) is 6.15. The molecule has 94 valence electrons. The first-order valence-electron chi connectivity index (χ1n) is 5.77. The zero-order valence-corrected chi connectivity index (χ0v) is 10.7. The fraction of sp³-hybridized carbons (Fsp3) is 0.462. The number of aliphatic carboxylic acids is 1. The van der Waals surface area contributed by atoms with Crippen molar-refractivity contribution >= 4 is 17.6 Å². The zero-order valence-electron chi connectivity index (χ0n) is 9.95. The van der Waals surface area contributed by atoms with Crippen molar-refractivity contribution in [3.63, 3.8) is 0 Å². The highest BCUT2D eigenvalue weighted by Gasteiger charge is 2.05. The molecule has 1 aromatic carbocycles. The van der Waals surface area contributed by atoms with Crippen LogP contribution in [0.25, 0.3) is 0 Å². The van der Waals surface area contributed by atoms with Crippen molar-refractivity contribution in [2.75, 3.05) is 13.1 Å². The summed E-state index contributed by atoms with van der Waals surface area (Å²) in [6.45, 7) is 3.69. The van der Waals surface area contributed by atoms with E-state index in [1.165, 1.54) is 5.56 Å². The van der Waals surface area contributed by atoms with Gasteiger partial charge in [-0.05, 0) is 36.6 Å². The largest absolute Gasteiger partial charge is 0.481 e. The molecule has 0 saturated carbocycles. The monoisotopic (exact) mass is 255 g/mol. The van der Waals surface area contributed by atoms with Crippen LogP contribution in [0, 0.1) is 0 Å². The van der Waals surface area contributed by atoms with Gasteiger partial charge in [-0.3, -0.25) is 4.79 Å². The van der Waals surface area contributed by atoms with Gasteiger partial charge in [0.2, 0.25) is 0 Å². The van der Waals surface area contributed by atoms with Gasteiger partial charge < -0.3 is 10.4 Å². The molecule has 0 bridgehead atoms. The summed E-state index contributed by atoms with van der Waals surface area (Å²) in [7, 11) is 0. The Morgan fingerprint density at radius 2 is 2.29 bits per heavy atom. The van der Waals surface area contributed by atoms with Crippen LogP contribution >= 0.6 is 11.6 Å². The van der Waals surface area contributed by atoms with Gasteiger partial charge in [0.25, 0.3) is 0 Å². The second-order valence-corrected chi connectivity index (χ2v) is 4.59. The number of rotatable bonds is 7. The summed E-state index contributed by atoms with van der Waals surface area (Å²) in [6, 6.07) is 7.82. The van der Waals surface area contributed by atoms with Gasteiger partial charge in [0, 0.05) is 18.0 Å². The van der Waals surface area contributed by atoms with Crippen molar-refractivity contribution in [3.05, 3.63) is 34.9 Å². The van der Waals surface area contributed by atoms with E-state index in [0.29, 0.717) is 12.3 Å². The molecule has 1 rings (SSSR count). The minimum absolute atomic E-state index is 0.221. The van der Waals surface area contributed by atoms with E-state index in [1.807, 2.05) is 18.2 Å². The molecule has 0 aliphatic heterocycles. The molecule has 0 saturated heterocycles. The predicted molar refractivity (Wildman–Crippen MR) is 69.6 cm³/mol. The number of hydrogen-bond acceptors (Lipinski definition) is 2. The topological polar surface area (TPSA) is 49.3 Å². The Hall–Kier alpha value is -1.06. The van der Waals surface area contributed by atoms with E-state index in [-0.39, 0.29) is 6.42 Å². The molecule has 1 unspecified atom stereocenters. The fourth-order valence-corrected chi connectivity index (χ4v) is 1.81. The Morgan fingerprint density at radius 3 is 2.94 bits per heavy atom. The summed E-state index contributed by atoms with van der Waals surface area (Å²) >= 11 is 5.92. The second kappa shape index (κ2) is 7.30. The van der Waals surface area contributed by atoms with Crippen LogP contribution in [0.5, 0.6) is 0 Å². The Labute approximate surface area is 107 Å². The Morgan fingerprint density at radius 1 is 1.53 bits per heavy atom. The van der Waals surface area contributed by atoms with Crippen molar-refractivity contribution in [2.45, 2.75) is 25.7 Å². The second-order valence-electron chi connectivity index (χ2n) is 4.16. The van der Waals surface area contributed by atoms with Crippen LogP contribution in [0.1, 0.15) is 31.2 Å². The standard InChI is InChI=1S/C13H18ClNO2/c1-10(9-15-7-3-6-13(16)17)11-4-2-5-12(14)8-11/h2,4-5,8,10,15H,3,6-7,9H2,1H3,(H,16,17). The number of carbonyl (C=O) groups is 1. The van der Waals surface area contributed by atoms with Crippen LogP contribution in [0.15, 0.2) is 24.3 Å². The number of halogens is 1. The van der Waals surface area contributed by atoms with Gasteiger partial charge in [-0.15, -0.1) is 0 Å². The lowest BCUT2D eigenvalue weighted by Gasteiger charge is -2.13. The average molecular weight is 256 g/mol. The maximum absolute atomic E-state index is 10.3. The van der Waals surface area contributed by atoms with Crippen LogP contribution in [0.2, 0.25) is 5.02 Å². The zero-order chi connectivity index (χ0) is 12.7. The van der Waals surface area contributed by atoms with E-state index >= 15 is 0 Å². The Balaban J connectivity index is 2.25. The minimum atomic E-state index is -0.741. The van der Waals surface area contributed by atoms with Crippen LogP contribution < -0.4 is 5.32 Å². The molecule has 4 heteroatoms. The number of carboxylic acid groups (broad SMARTS) is 1. The van der Waals surface area contributed by atoms with Crippen molar-refractivity contribution in [1.82, 2.24) is 5.32 Å². The minimum Gasteiger partial charge on any atom is -0.481 e. The average Bonchev–Trinajstić information content (AvgIpc) is 2.28. The van der Waals surface area contributed by atoms with Gasteiger partial charge in [-0.25, -0.2) is 0 Å². The van der Waals surface area contributed by atoms with E-state index < -0.39 is 5.97 Å². The van der Waals surface area contributed by atoms with Gasteiger partial charge in [0.15, 0.2) is 0 Å². The lowest BCUT2D eigenvalue weighted by Crippen LogP contribution is -2.21. The maximum atomic E-state index is 10.3. The highest BCUT2D eigenvalue weighted by atomic mass is 35.5. The summed E-state index contributed by atoms with van der Waals surface area (Å²) in [6.07, 6.45) is 0.885. The van der Waals surface area contributed by atoms with E-state index in [0.717, 1.165) is 18.1 Å². The van der Waals surface area contributed by atoms with Gasteiger partial charge in [0.05, 0.1) is 0 Å². The molecule has 3 nitrogen and oxygen atoms in total.